The predicted octanol–water partition coefficient (Wildman–Crippen LogP) is 1.83. The lowest BCUT2D eigenvalue weighted by molar-refractivity contribution is 0.384. The first kappa shape index (κ1) is 18.8. The average Bonchev–Trinajstić information content (AvgIpc) is 3.10. The third kappa shape index (κ3) is 3.35. The molecule has 0 atom stereocenters. The Bertz CT molecular complexity index is 1070. The van der Waals surface area contributed by atoms with Crippen LogP contribution in [0.2, 0.25) is 0 Å². The van der Waals surface area contributed by atoms with Crippen molar-refractivity contribution < 1.29 is 8.42 Å². The van der Waals surface area contributed by atoms with Crippen LogP contribution in [-0.4, -0.2) is 58.7 Å². The van der Waals surface area contributed by atoms with Crippen LogP contribution in [0.5, 0.6) is 0 Å². The Hall–Kier alpha value is -2.52. The lowest BCUT2D eigenvalue weighted by Crippen LogP contribution is -2.49. The van der Waals surface area contributed by atoms with E-state index in [0.717, 1.165) is 35.3 Å². The van der Waals surface area contributed by atoms with Gasteiger partial charge in [-0.15, -0.1) is 0 Å². The summed E-state index contributed by atoms with van der Waals surface area (Å²) in [6.45, 7) is 4.11. The summed E-state index contributed by atoms with van der Waals surface area (Å²) in [6, 6.07) is 7.26. The zero-order chi connectivity index (χ0) is 19.7. The second kappa shape index (κ2) is 7.48. The van der Waals surface area contributed by atoms with Crippen molar-refractivity contribution in [3.05, 3.63) is 42.4 Å². The van der Waals surface area contributed by atoms with Gasteiger partial charge in [0.05, 0.1) is 16.5 Å². The number of benzene rings is 1. The van der Waals surface area contributed by atoms with E-state index in [1.54, 1.807) is 27.3 Å². The number of piperazine rings is 1. The van der Waals surface area contributed by atoms with Crippen molar-refractivity contribution in [2.24, 2.45) is 7.05 Å². The molecule has 28 heavy (non-hydrogen) atoms. The fourth-order valence-electron chi connectivity index (χ4n) is 3.61. The van der Waals surface area contributed by atoms with Crippen LogP contribution in [0.25, 0.3) is 11.0 Å². The molecule has 0 N–H and O–H groups in total. The van der Waals surface area contributed by atoms with Gasteiger partial charge in [0.15, 0.2) is 5.65 Å². The fraction of sp³-hybridized carbons (Fsp3) is 0.421. The molecule has 0 bridgehead atoms. The molecule has 1 aliphatic rings. The van der Waals surface area contributed by atoms with Crippen molar-refractivity contribution in [2.75, 3.05) is 31.1 Å². The Morgan fingerprint density at radius 1 is 1.04 bits per heavy atom. The van der Waals surface area contributed by atoms with Gasteiger partial charge in [-0.05, 0) is 24.1 Å². The minimum absolute atomic E-state index is 0.359. The van der Waals surface area contributed by atoms with Gasteiger partial charge in [-0.3, -0.25) is 4.68 Å². The molecule has 148 valence electrons. The summed E-state index contributed by atoms with van der Waals surface area (Å²) in [7, 11) is -1.64. The summed E-state index contributed by atoms with van der Waals surface area (Å²) in [4.78, 5) is 11.1. The zero-order valence-electron chi connectivity index (χ0n) is 16.1. The Balaban J connectivity index is 1.50. The van der Waals surface area contributed by atoms with Crippen molar-refractivity contribution >= 4 is 26.9 Å². The van der Waals surface area contributed by atoms with E-state index >= 15 is 0 Å². The predicted molar refractivity (Wildman–Crippen MR) is 108 cm³/mol. The number of nitrogens with zero attached hydrogens (tertiary/aromatic N) is 6. The maximum atomic E-state index is 13.0. The lowest BCUT2D eigenvalue weighted by atomic mass is 10.1. The molecule has 0 unspecified atom stereocenters. The Kier molecular flexibility index (Phi) is 5.03. The molecule has 4 rings (SSSR count). The molecule has 0 saturated carbocycles. The first-order chi connectivity index (χ1) is 13.5. The lowest BCUT2D eigenvalue weighted by Gasteiger charge is -2.34. The second-order valence-corrected chi connectivity index (χ2v) is 8.93. The number of hydrogen-bond donors (Lipinski definition) is 0. The van der Waals surface area contributed by atoms with E-state index in [0.29, 0.717) is 31.1 Å². The van der Waals surface area contributed by atoms with E-state index in [1.165, 1.54) is 6.33 Å². The summed E-state index contributed by atoms with van der Waals surface area (Å²) in [5.41, 5.74) is 1.93. The minimum atomic E-state index is -3.48. The standard InChI is InChI=1S/C19H24N6O2S/c1-3-4-15-5-7-16(8-6-15)28(26,27)25-11-9-24(10-12-25)19-17-13-22-23(2)18(17)20-14-21-19/h5-8,13-14H,3-4,9-12H2,1-2H3. The highest BCUT2D eigenvalue weighted by Gasteiger charge is 2.29. The second-order valence-electron chi connectivity index (χ2n) is 6.99. The normalized spacial score (nSPS) is 16.0. The highest BCUT2D eigenvalue weighted by molar-refractivity contribution is 7.89. The number of sulfonamides is 1. The molecule has 3 aromatic rings. The summed E-state index contributed by atoms with van der Waals surface area (Å²) < 4.78 is 29.2. The van der Waals surface area contributed by atoms with Crippen molar-refractivity contribution in [3.8, 4) is 0 Å². The van der Waals surface area contributed by atoms with Crippen molar-refractivity contribution in [1.29, 1.82) is 0 Å². The maximum absolute atomic E-state index is 13.0. The van der Waals surface area contributed by atoms with Gasteiger partial charge in [0.2, 0.25) is 10.0 Å². The van der Waals surface area contributed by atoms with Crippen LogP contribution in [0.4, 0.5) is 5.82 Å². The van der Waals surface area contributed by atoms with Gasteiger partial charge in [0.25, 0.3) is 0 Å². The van der Waals surface area contributed by atoms with Gasteiger partial charge in [-0.1, -0.05) is 25.5 Å². The molecule has 8 nitrogen and oxygen atoms in total. The number of fused-ring (bicyclic) bond motifs is 1. The van der Waals surface area contributed by atoms with E-state index in [9.17, 15) is 8.42 Å². The molecular weight excluding hydrogens is 376 g/mol. The molecule has 3 heterocycles. The van der Waals surface area contributed by atoms with Crippen molar-refractivity contribution in [1.82, 2.24) is 24.1 Å². The molecule has 0 amide bonds. The molecule has 2 aromatic heterocycles. The van der Waals surface area contributed by atoms with Crippen molar-refractivity contribution in [2.45, 2.75) is 24.7 Å². The van der Waals surface area contributed by atoms with E-state index in [1.807, 2.05) is 19.2 Å². The van der Waals surface area contributed by atoms with E-state index < -0.39 is 10.0 Å². The quantitative estimate of drug-likeness (QED) is 0.650. The maximum Gasteiger partial charge on any atom is 0.243 e. The van der Waals surface area contributed by atoms with E-state index in [-0.39, 0.29) is 0 Å². The average molecular weight is 401 g/mol. The van der Waals surface area contributed by atoms with Crippen LogP contribution < -0.4 is 4.90 Å². The largest absolute Gasteiger partial charge is 0.353 e. The molecule has 1 saturated heterocycles. The number of aryl methyl sites for hydroxylation is 2. The van der Waals surface area contributed by atoms with Gasteiger partial charge in [-0.2, -0.15) is 9.40 Å². The molecule has 0 aliphatic carbocycles. The Morgan fingerprint density at radius 2 is 1.75 bits per heavy atom. The van der Waals surface area contributed by atoms with Gasteiger partial charge < -0.3 is 4.90 Å². The first-order valence-corrected chi connectivity index (χ1v) is 10.9. The van der Waals surface area contributed by atoms with Gasteiger partial charge in [-0.25, -0.2) is 18.4 Å². The fourth-order valence-corrected chi connectivity index (χ4v) is 5.03. The molecule has 0 spiro atoms. The molecule has 9 heteroatoms. The smallest absolute Gasteiger partial charge is 0.243 e. The van der Waals surface area contributed by atoms with Crippen LogP contribution in [0, 0.1) is 0 Å². The summed E-state index contributed by atoms with van der Waals surface area (Å²) in [5.74, 6) is 0.805. The van der Waals surface area contributed by atoms with Gasteiger partial charge in [0.1, 0.15) is 12.1 Å². The van der Waals surface area contributed by atoms with Crippen LogP contribution in [-0.2, 0) is 23.5 Å². The summed E-state index contributed by atoms with van der Waals surface area (Å²) in [5, 5.41) is 5.13. The number of hydrogen-bond acceptors (Lipinski definition) is 6. The van der Waals surface area contributed by atoms with Gasteiger partial charge in [0, 0.05) is 33.2 Å². The highest BCUT2D eigenvalue weighted by Crippen LogP contribution is 2.25. The van der Waals surface area contributed by atoms with E-state index in [4.69, 9.17) is 0 Å². The van der Waals surface area contributed by atoms with Crippen LogP contribution in [0.15, 0.2) is 41.7 Å². The summed E-state index contributed by atoms with van der Waals surface area (Å²) >= 11 is 0. The molecular formula is C19H24N6O2S. The third-order valence-electron chi connectivity index (χ3n) is 5.15. The summed E-state index contributed by atoms with van der Waals surface area (Å²) in [6.07, 6.45) is 5.29. The zero-order valence-corrected chi connectivity index (χ0v) is 16.9. The Labute approximate surface area is 164 Å². The monoisotopic (exact) mass is 400 g/mol. The van der Waals surface area contributed by atoms with Gasteiger partial charge >= 0.3 is 0 Å². The topological polar surface area (TPSA) is 84.2 Å². The SMILES string of the molecule is CCCc1ccc(S(=O)(=O)N2CCN(c3ncnc4c3cnn4C)CC2)cc1. The Morgan fingerprint density at radius 3 is 2.43 bits per heavy atom. The van der Waals surface area contributed by atoms with Crippen LogP contribution in [0.3, 0.4) is 0 Å². The molecule has 1 aliphatic heterocycles. The first-order valence-electron chi connectivity index (χ1n) is 9.47. The molecule has 1 fully saturated rings. The molecule has 1 aromatic carbocycles. The van der Waals surface area contributed by atoms with Crippen LogP contribution in [0.1, 0.15) is 18.9 Å². The third-order valence-corrected chi connectivity index (χ3v) is 7.06. The van der Waals surface area contributed by atoms with E-state index in [2.05, 4.69) is 26.9 Å². The number of rotatable bonds is 5. The van der Waals surface area contributed by atoms with Crippen LogP contribution >= 0.6 is 0 Å². The highest BCUT2D eigenvalue weighted by atomic mass is 32.2. The minimum Gasteiger partial charge on any atom is -0.353 e. The number of anilines is 1. The molecule has 0 radical (unpaired) electrons. The number of aromatic nitrogens is 4. The van der Waals surface area contributed by atoms with Crippen molar-refractivity contribution in [3.63, 3.8) is 0 Å².